The van der Waals surface area contributed by atoms with Crippen LogP contribution in [0.3, 0.4) is 0 Å². The molecule has 2 N–H and O–H groups in total. The van der Waals surface area contributed by atoms with Gasteiger partial charge in [-0.05, 0) is 56.3 Å². The molecule has 2 rings (SSSR count). The van der Waals surface area contributed by atoms with E-state index in [-0.39, 0.29) is 0 Å². The van der Waals surface area contributed by atoms with Crippen LogP contribution in [0.25, 0.3) is 0 Å². The molecule has 0 bridgehead atoms. The van der Waals surface area contributed by atoms with E-state index in [1.807, 2.05) is 12.1 Å². The molecule has 0 aromatic heterocycles. The summed E-state index contributed by atoms with van der Waals surface area (Å²) in [6, 6.07) is 9.05. The Morgan fingerprint density at radius 2 is 2.11 bits per heavy atom. The quantitative estimate of drug-likeness (QED) is 0.808. The van der Waals surface area contributed by atoms with E-state index in [9.17, 15) is 0 Å². The lowest BCUT2D eigenvalue weighted by Crippen LogP contribution is -2.34. The molecule has 1 aromatic carbocycles. The smallest absolute Gasteiger partial charge is 0.0346 e. The van der Waals surface area contributed by atoms with Crippen molar-refractivity contribution in [3.05, 3.63) is 29.8 Å². The van der Waals surface area contributed by atoms with E-state index in [0.29, 0.717) is 0 Å². The summed E-state index contributed by atoms with van der Waals surface area (Å²) in [6.07, 6.45) is 5.08. The second kappa shape index (κ2) is 6.24. The second-order valence-corrected chi connectivity index (χ2v) is 5.79. The molecule has 2 nitrogen and oxygen atoms in total. The number of para-hydroxylation sites is 1. The first kappa shape index (κ1) is 13.4. The largest absolute Gasteiger partial charge is 0.399 e. The van der Waals surface area contributed by atoms with Gasteiger partial charge in [-0.3, -0.25) is 0 Å². The van der Waals surface area contributed by atoms with Gasteiger partial charge < -0.3 is 10.6 Å². The molecule has 1 saturated heterocycles. The van der Waals surface area contributed by atoms with Crippen molar-refractivity contribution in [3.63, 3.8) is 0 Å². The Kier molecular flexibility index (Phi) is 4.65. The van der Waals surface area contributed by atoms with Crippen molar-refractivity contribution < 1.29 is 0 Å². The van der Waals surface area contributed by atoms with Crippen molar-refractivity contribution in [2.75, 3.05) is 18.8 Å². The Hall–Kier alpha value is -1.02. The standard InChI is InChI=1S/C16H26N2/c1-13(2)16-10-6-12-18(16)11-5-8-14-7-3-4-9-15(14)17/h3-4,7,9,13,16H,5-6,8,10-12,17H2,1-2H3. The average Bonchev–Trinajstić information content (AvgIpc) is 2.80. The Morgan fingerprint density at radius 3 is 2.83 bits per heavy atom. The lowest BCUT2D eigenvalue weighted by molar-refractivity contribution is 0.205. The minimum Gasteiger partial charge on any atom is -0.399 e. The number of nitrogen functional groups attached to an aromatic ring is 1. The van der Waals surface area contributed by atoms with Crippen LogP contribution >= 0.6 is 0 Å². The zero-order valence-corrected chi connectivity index (χ0v) is 11.7. The minimum absolute atomic E-state index is 0.786. The average molecular weight is 246 g/mol. The lowest BCUT2D eigenvalue weighted by Gasteiger charge is -2.27. The fraction of sp³-hybridized carbons (Fsp3) is 0.625. The van der Waals surface area contributed by atoms with Gasteiger partial charge in [0.1, 0.15) is 0 Å². The van der Waals surface area contributed by atoms with Crippen LogP contribution < -0.4 is 5.73 Å². The molecule has 1 aromatic rings. The van der Waals surface area contributed by atoms with Crippen molar-refractivity contribution in [1.82, 2.24) is 4.90 Å². The zero-order valence-electron chi connectivity index (χ0n) is 11.7. The number of aryl methyl sites for hydroxylation is 1. The molecule has 1 unspecified atom stereocenters. The number of benzene rings is 1. The third-order valence-electron chi connectivity index (χ3n) is 4.13. The Morgan fingerprint density at radius 1 is 1.33 bits per heavy atom. The van der Waals surface area contributed by atoms with Crippen molar-refractivity contribution in [2.24, 2.45) is 5.92 Å². The van der Waals surface area contributed by atoms with Crippen LogP contribution in [0.5, 0.6) is 0 Å². The van der Waals surface area contributed by atoms with Crippen molar-refractivity contribution in [1.29, 1.82) is 0 Å². The van der Waals surface area contributed by atoms with Crippen molar-refractivity contribution in [2.45, 2.75) is 45.6 Å². The van der Waals surface area contributed by atoms with Gasteiger partial charge in [-0.25, -0.2) is 0 Å². The van der Waals surface area contributed by atoms with Gasteiger partial charge in [-0.1, -0.05) is 32.0 Å². The summed E-state index contributed by atoms with van der Waals surface area (Å²) in [6.45, 7) is 7.20. The Labute approximate surface area is 111 Å². The maximum absolute atomic E-state index is 5.98. The maximum Gasteiger partial charge on any atom is 0.0346 e. The molecule has 2 heteroatoms. The third-order valence-corrected chi connectivity index (χ3v) is 4.13. The number of nitrogens with zero attached hydrogens (tertiary/aromatic N) is 1. The molecule has 1 fully saturated rings. The van der Waals surface area contributed by atoms with Gasteiger partial charge in [-0.15, -0.1) is 0 Å². The predicted molar refractivity (Wildman–Crippen MR) is 78.6 cm³/mol. The van der Waals surface area contributed by atoms with Crippen LogP contribution in [-0.2, 0) is 6.42 Å². The van der Waals surface area contributed by atoms with Gasteiger partial charge in [0.2, 0.25) is 0 Å². The number of nitrogens with two attached hydrogens (primary N) is 1. The van der Waals surface area contributed by atoms with Gasteiger partial charge in [0.15, 0.2) is 0 Å². The molecule has 0 amide bonds. The predicted octanol–water partition coefficient (Wildman–Crippen LogP) is 3.32. The molecule has 1 atom stereocenters. The van der Waals surface area contributed by atoms with Crippen LogP contribution in [0.1, 0.15) is 38.7 Å². The summed E-state index contributed by atoms with van der Waals surface area (Å²) < 4.78 is 0. The van der Waals surface area contributed by atoms with E-state index >= 15 is 0 Å². The monoisotopic (exact) mass is 246 g/mol. The first-order valence-electron chi connectivity index (χ1n) is 7.26. The molecular formula is C16H26N2. The van der Waals surface area contributed by atoms with E-state index in [4.69, 9.17) is 5.73 Å². The molecule has 18 heavy (non-hydrogen) atoms. The van der Waals surface area contributed by atoms with E-state index < -0.39 is 0 Å². The molecule has 100 valence electrons. The van der Waals surface area contributed by atoms with Crippen molar-refractivity contribution >= 4 is 5.69 Å². The molecule has 0 aliphatic carbocycles. The summed E-state index contributed by atoms with van der Waals surface area (Å²) in [7, 11) is 0. The number of hydrogen-bond acceptors (Lipinski definition) is 2. The molecule has 1 aliphatic heterocycles. The summed E-state index contributed by atoms with van der Waals surface area (Å²) in [4.78, 5) is 2.67. The first-order valence-corrected chi connectivity index (χ1v) is 7.26. The number of hydrogen-bond donors (Lipinski definition) is 1. The van der Waals surface area contributed by atoms with Gasteiger partial charge in [-0.2, -0.15) is 0 Å². The zero-order chi connectivity index (χ0) is 13.0. The van der Waals surface area contributed by atoms with Crippen LogP contribution in [0.2, 0.25) is 0 Å². The highest BCUT2D eigenvalue weighted by atomic mass is 15.2. The van der Waals surface area contributed by atoms with Gasteiger partial charge in [0.25, 0.3) is 0 Å². The van der Waals surface area contributed by atoms with Crippen molar-refractivity contribution in [3.8, 4) is 0 Å². The maximum atomic E-state index is 5.98. The van der Waals surface area contributed by atoms with Gasteiger partial charge in [0, 0.05) is 11.7 Å². The third kappa shape index (κ3) is 3.26. The molecule has 0 saturated carbocycles. The van der Waals surface area contributed by atoms with E-state index in [0.717, 1.165) is 24.1 Å². The van der Waals surface area contributed by atoms with Crippen LogP contribution in [0.4, 0.5) is 5.69 Å². The molecule has 1 heterocycles. The highest BCUT2D eigenvalue weighted by Crippen LogP contribution is 2.24. The molecule has 0 spiro atoms. The fourth-order valence-electron chi connectivity index (χ4n) is 3.12. The van der Waals surface area contributed by atoms with E-state index in [2.05, 4.69) is 30.9 Å². The molecular weight excluding hydrogens is 220 g/mol. The highest BCUT2D eigenvalue weighted by Gasteiger charge is 2.26. The summed E-state index contributed by atoms with van der Waals surface area (Å²) in [5, 5.41) is 0. The summed E-state index contributed by atoms with van der Waals surface area (Å²) in [5.74, 6) is 0.786. The van der Waals surface area contributed by atoms with Crippen LogP contribution in [0, 0.1) is 5.92 Å². The van der Waals surface area contributed by atoms with Crippen LogP contribution in [-0.4, -0.2) is 24.0 Å². The minimum atomic E-state index is 0.786. The fourth-order valence-corrected chi connectivity index (χ4v) is 3.12. The topological polar surface area (TPSA) is 29.3 Å². The Bertz CT molecular complexity index is 373. The van der Waals surface area contributed by atoms with E-state index in [1.54, 1.807) is 0 Å². The first-order chi connectivity index (χ1) is 8.68. The lowest BCUT2D eigenvalue weighted by atomic mass is 10.0. The number of likely N-dealkylation sites (tertiary alicyclic amines) is 1. The molecule has 0 radical (unpaired) electrons. The van der Waals surface area contributed by atoms with Gasteiger partial charge in [0.05, 0.1) is 0 Å². The summed E-state index contributed by atoms with van der Waals surface area (Å²) in [5.41, 5.74) is 8.22. The van der Waals surface area contributed by atoms with Crippen LogP contribution in [0.15, 0.2) is 24.3 Å². The number of anilines is 1. The van der Waals surface area contributed by atoms with E-state index in [1.165, 1.54) is 37.9 Å². The second-order valence-electron chi connectivity index (χ2n) is 5.79. The Balaban J connectivity index is 1.80. The molecule has 1 aliphatic rings. The SMILES string of the molecule is CC(C)C1CCCN1CCCc1ccccc1N. The normalized spacial score (nSPS) is 20.7. The van der Waals surface area contributed by atoms with Gasteiger partial charge >= 0.3 is 0 Å². The highest BCUT2D eigenvalue weighted by molar-refractivity contribution is 5.46. The summed E-state index contributed by atoms with van der Waals surface area (Å²) >= 11 is 0. The number of rotatable bonds is 5.